The third-order valence-electron chi connectivity index (χ3n) is 4.03. The van der Waals surface area contributed by atoms with Crippen molar-refractivity contribution in [1.29, 1.82) is 0 Å². The predicted molar refractivity (Wildman–Crippen MR) is 110 cm³/mol. The van der Waals surface area contributed by atoms with Crippen LogP contribution in [0.4, 0.5) is 0 Å². The second kappa shape index (κ2) is 9.61. The zero-order chi connectivity index (χ0) is 20.6. The van der Waals surface area contributed by atoms with Crippen LogP contribution >= 0.6 is 11.6 Å². The van der Waals surface area contributed by atoms with Crippen molar-refractivity contribution in [2.45, 2.75) is 6.54 Å². The number of ether oxygens (including phenoxy) is 1. The minimum atomic E-state index is -0.446. The molecule has 3 rings (SSSR count). The third kappa shape index (κ3) is 5.73. The van der Waals surface area contributed by atoms with E-state index in [1.54, 1.807) is 73.8 Å². The Morgan fingerprint density at radius 2 is 1.79 bits per heavy atom. The lowest BCUT2D eigenvalue weighted by atomic mass is 10.1. The molecule has 0 unspecified atom stereocenters. The molecule has 7 heteroatoms. The van der Waals surface area contributed by atoms with Gasteiger partial charge >= 0.3 is 0 Å². The molecule has 2 N–H and O–H groups in total. The molecule has 0 atom stereocenters. The van der Waals surface area contributed by atoms with Crippen LogP contribution < -0.4 is 15.4 Å². The molecule has 0 radical (unpaired) electrons. The van der Waals surface area contributed by atoms with Crippen molar-refractivity contribution in [3.63, 3.8) is 0 Å². The van der Waals surface area contributed by atoms with E-state index in [-0.39, 0.29) is 12.2 Å². The number of hydrogen-bond donors (Lipinski definition) is 2. The smallest absolute Gasteiger partial charge is 0.268 e. The number of halogens is 1. The Morgan fingerprint density at radius 1 is 1.07 bits per heavy atom. The van der Waals surface area contributed by atoms with Crippen molar-refractivity contribution in [1.82, 2.24) is 10.6 Å². The number of carbonyl (C=O) groups excluding carboxylic acids is 2. The standard InChI is InChI=1S/C22H19ClN2O4/c1-28-18-10-6-16(7-11-18)21(26)25-20(13-15-4-8-17(23)9-5-15)22(27)24-14-19-3-2-12-29-19/h2-13H,14H2,1H3,(H,24,27)(H,25,26)/b20-13+. The molecule has 0 aliphatic heterocycles. The first kappa shape index (κ1) is 20.2. The Morgan fingerprint density at radius 3 is 2.41 bits per heavy atom. The fraction of sp³-hybridized carbons (Fsp3) is 0.0909. The zero-order valence-corrected chi connectivity index (χ0v) is 16.4. The van der Waals surface area contributed by atoms with Crippen molar-refractivity contribution < 1.29 is 18.7 Å². The molecule has 0 bridgehead atoms. The maximum atomic E-state index is 12.7. The number of hydrogen-bond acceptors (Lipinski definition) is 4. The van der Waals surface area contributed by atoms with Crippen molar-refractivity contribution >= 4 is 29.5 Å². The van der Waals surface area contributed by atoms with Gasteiger partial charge < -0.3 is 19.8 Å². The first-order valence-electron chi connectivity index (χ1n) is 8.78. The molecule has 2 amide bonds. The van der Waals surface area contributed by atoms with Gasteiger partial charge in [0.1, 0.15) is 17.2 Å². The maximum Gasteiger partial charge on any atom is 0.268 e. The highest BCUT2D eigenvalue weighted by Gasteiger charge is 2.15. The van der Waals surface area contributed by atoms with Gasteiger partial charge in [-0.15, -0.1) is 0 Å². The monoisotopic (exact) mass is 410 g/mol. The summed E-state index contributed by atoms with van der Waals surface area (Å²) < 4.78 is 10.3. The zero-order valence-electron chi connectivity index (χ0n) is 15.6. The lowest BCUT2D eigenvalue weighted by molar-refractivity contribution is -0.118. The van der Waals surface area contributed by atoms with Gasteiger partial charge in [-0.3, -0.25) is 9.59 Å². The molecule has 0 aliphatic carbocycles. The normalized spacial score (nSPS) is 11.0. The molecular formula is C22H19ClN2O4. The van der Waals surface area contributed by atoms with E-state index in [1.807, 2.05) is 0 Å². The fourth-order valence-corrected chi connectivity index (χ4v) is 2.62. The van der Waals surface area contributed by atoms with E-state index < -0.39 is 11.8 Å². The minimum absolute atomic E-state index is 0.0969. The van der Waals surface area contributed by atoms with Gasteiger partial charge in [-0.05, 0) is 60.2 Å². The summed E-state index contributed by atoms with van der Waals surface area (Å²) in [5.41, 5.74) is 1.21. The van der Waals surface area contributed by atoms with Crippen molar-refractivity contribution in [2.24, 2.45) is 0 Å². The first-order chi connectivity index (χ1) is 14.0. The van der Waals surface area contributed by atoms with E-state index in [2.05, 4.69) is 10.6 Å². The van der Waals surface area contributed by atoms with Gasteiger partial charge in [0.2, 0.25) is 0 Å². The number of amides is 2. The summed E-state index contributed by atoms with van der Waals surface area (Å²) in [6.07, 6.45) is 3.10. The highest BCUT2D eigenvalue weighted by atomic mass is 35.5. The molecule has 0 fully saturated rings. The van der Waals surface area contributed by atoms with E-state index in [9.17, 15) is 9.59 Å². The number of carbonyl (C=O) groups is 2. The topological polar surface area (TPSA) is 80.6 Å². The molecule has 148 valence electrons. The first-order valence-corrected chi connectivity index (χ1v) is 9.16. The Hall–Kier alpha value is -3.51. The van der Waals surface area contributed by atoms with Crippen LogP contribution in [0, 0.1) is 0 Å². The molecule has 2 aromatic carbocycles. The molecule has 6 nitrogen and oxygen atoms in total. The van der Waals surface area contributed by atoms with Crippen molar-refractivity contribution in [3.05, 3.63) is 94.5 Å². The largest absolute Gasteiger partial charge is 0.497 e. The van der Waals surface area contributed by atoms with Crippen molar-refractivity contribution in [2.75, 3.05) is 7.11 Å². The molecule has 1 aromatic heterocycles. The number of rotatable bonds is 7. The van der Waals surface area contributed by atoms with Gasteiger partial charge in [-0.25, -0.2) is 0 Å². The summed E-state index contributed by atoms with van der Waals surface area (Å²) in [6.45, 7) is 0.197. The predicted octanol–water partition coefficient (Wildman–Crippen LogP) is 4.03. The molecule has 0 spiro atoms. The van der Waals surface area contributed by atoms with Crippen molar-refractivity contribution in [3.8, 4) is 5.75 Å². The quantitative estimate of drug-likeness (QED) is 0.576. The molecule has 3 aromatic rings. The van der Waals surface area contributed by atoms with Gasteiger partial charge in [0, 0.05) is 10.6 Å². The average Bonchev–Trinajstić information content (AvgIpc) is 3.26. The minimum Gasteiger partial charge on any atom is -0.497 e. The third-order valence-corrected chi connectivity index (χ3v) is 4.28. The van der Waals surface area contributed by atoms with Crippen LogP contribution in [0.3, 0.4) is 0 Å². The van der Waals surface area contributed by atoms with Crippen LogP contribution in [0.1, 0.15) is 21.7 Å². The molecule has 0 saturated carbocycles. The number of benzene rings is 2. The molecular weight excluding hydrogens is 392 g/mol. The van der Waals surface area contributed by atoms with Gasteiger partial charge in [0.05, 0.1) is 19.9 Å². The summed E-state index contributed by atoms with van der Waals surface area (Å²) in [7, 11) is 1.55. The lowest BCUT2D eigenvalue weighted by Gasteiger charge is -2.11. The second-order valence-corrected chi connectivity index (χ2v) is 6.49. The highest BCUT2D eigenvalue weighted by molar-refractivity contribution is 6.30. The average molecular weight is 411 g/mol. The Labute approximate surface area is 173 Å². The molecule has 0 saturated heterocycles. The molecule has 29 heavy (non-hydrogen) atoms. The van der Waals surface area contributed by atoms with Gasteiger partial charge in [-0.1, -0.05) is 23.7 Å². The fourth-order valence-electron chi connectivity index (χ4n) is 2.50. The maximum absolute atomic E-state index is 12.7. The van der Waals surface area contributed by atoms with Crippen LogP contribution in [0.25, 0.3) is 6.08 Å². The van der Waals surface area contributed by atoms with E-state index in [1.165, 1.54) is 6.26 Å². The van der Waals surface area contributed by atoms with Crippen LogP contribution in [0.5, 0.6) is 5.75 Å². The van der Waals surface area contributed by atoms with Crippen LogP contribution in [0.15, 0.2) is 77.0 Å². The Bertz CT molecular complexity index is 994. The number of nitrogens with one attached hydrogen (secondary N) is 2. The van der Waals surface area contributed by atoms with E-state index >= 15 is 0 Å². The summed E-state index contributed by atoms with van der Waals surface area (Å²) in [6, 6.07) is 17.0. The lowest BCUT2D eigenvalue weighted by Crippen LogP contribution is -2.34. The SMILES string of the molecule is COc1ccc(C(=O)N/C(=C/c2ccc(Cl)cc2)C(=O)NCc2ccco2)cc1. The van der Waals surface area contributed by atoms with E-state index in [4.69, 9.17) is 20.8 Å². The van der Waals surface area contributed by atoms with Gasteiger partial charge in [0.25, 0.3) is 11.8 Å². The van der Waals surface area contributed by atoms with Crippen LogP contribution in [0.2, 0.25) is 5.02 Å². The van der Waals surface area contributed by atoms with Gasteiger partial charge in [-0.2, -0.15) is 0 Å². The van der Waals surface area contributed by atoms with Crippen LogP contribution in [-0.2, 0) is 11.3 Å². The van der Waals surface area contributed by atoms with E-state index in [0.29, 0.717) is 27.7 Å². The summed E-state index contributed by atoms with van der Waals surface area (Å²) in [4.78, 5) is 25.3. The summed E-state index contributed by atoms with van der Waals surface area (Å²) >= 11 is 5.92. The second-order valence-electron chi connectivity index (χ2n) is 6.05. The van der Waals surface area contributed by atoms with E-state index in [0.717, 1.165) is 0 Å². The number of furan rings is 1. The Kier molecular flexibility index (Phi) is 6.71. The molecule has 0 aliphatic rings. The van der Waals surface area contributed by atoms with Gasteiger partial charge in [0.15, 0.2) is 0 Å². The highest BCUT2D eigenvalue weighted by Crippen LogP contribution is 2.14. The number of methoxy groups -OCH3 is 1. The van der Waals surface area contributed by atoms with Crippen LogP contribution in [-0.4, -0.2) is 18.9 Å². The Balaban J connectivity index is 1.79. The molecule has 1 heterocycles. The summed E-state index contributed by atoms with van der Waals surface area (Å²) in [5.74, 6) is 0.375. The summed E-state index contributed by atoms with van der Waals surface area (Å²) in [5, 5.41) is 5.98.